The van der Waals surface area contributed by atoms with E-state index in [1.54, 1.807) is 22.7 Å². The number of rotatable bonds is 2. The Balaban J connectivity index is 2.33. The zero-order chi connectivity index (χ0) is 9.26. The first-order valence-corrected chi connectivity index (χ1v) is 5.94. The molecule has 0 fully saturated rings. The fourth-order valence-corrected chi connectivity index (χ4v) is 3.13. The molecule has 13 heavy (non-hydrogen) atoms. The zero-order valence-corrected chi connectivity index (χ0v) is 9.12. The van der Waals surface area contributed by atoms with Gasteiger partial charge in [-0.15, -0.1) is 22.7 Å². The molecule has 1 atom stereocenters. The Bertz CT molecular complexity index is 380. The molecule has 0 saturated heterocycles. The lowest BCUT2D eigenvalue weighted by atomic mass is 10.2. The van der Waals surface area contributed by atoms with Gasteiger partial charge in [-0.1, -0.05) is 17.7 Å². The van der Waals surface area contributed by atoms with Crippen molar-refractivity contribution in [3.05, 3.63) is 43.7 Å². The lowest BCUT2D eigenvalue weighted by molar-refractivity contribution is 0.918. The molecule has 0 aliphatic carbocycles. The summed E-state index contributed by atoms with van der Waals surface area (Å²) in [6.45, 7) is 0. The average molecular weight is 230 g/mol. The van der Waals surface area contributed by atoms with E-state index in [1.807, 2.05) is 29.0 Å². The van der Waals surface area contributed by atoms with Crippen molar-refractivity contribution in [3.63, 3.8) is 0 Å². The Hall–Kier alpha value is -0.350. The highest BCUT2D eigenvalue weighted by Gasteiger charge is 2.14. The highest BCUT2D eigenvalue weighted by Crippen LogP contribution is 2.32. The quantitative estimate of drug-likeness (QED) is 0.838. The van der Waals surface area contributed by atoms with E-state index in [-0.39, 0.29) is 6.04 Å². The van der Waals surface area contributed by atoms with Crippen LogP contribution < -0.4 is 5.73 Å². The van der Waals surface area contributed by atoms with Gasteiger partial charge in [0.05, 0.1) is 11.1 Å². The van der Waals surface area contributed by atoms with Crippen LogP contribution in [0.2, 0.25) is 5.02 Å². The molecule has 4 heteroatoms. The van der Waals surface area contributed by atoms with Crippen LogP contribution in [0.25, 0.3) is 0 Å². The molecular weight excluding hydrogens is 222 g/mol. The summed E-state index contributed by atoms with van der Waals surface area (Å²) in [5, 5.41) is 4.76. The molecule has 0 spiro atoms. The Kier molecular flexibility index (Phi) is 2.69. The van der Waals surface area contributed by atoms with Crippen LogP contribution in [0.1, 0.15) is 15.8 Å². The normalized spacial score (nSPS) is 13.1. The van der Waals surface area contributed by atoms with Crippen LogP contribution in [0.4, 0.5) is 0 Å². The van der Waals surface area contributed by atoms with E-state index in [0.717, 1.165) is 14.8 Å². The van der Waals surface area contributed by atoms with Crippen LogP contribution in [0, 0.1) is 0 Å². The highest BCUT2D eigenvalue weighted by atomic mass is 35.5. The van der Waals surface area contributed by atoms with Crippen molar-refractivity contribution in [2.75, 3.05) is 0 Å². The van der Waals surface area contributed by atoms with Crippen LogP contribution in [0.15, 0.2) is 29.0 Å². The van der Waals surface area contributed by atoms with Gasteiger partial charge in [-0.25, -0.2) is 0 Å². The summed E-state index contributed by atoms with van der Waals surface area (Å²) in [5.74, 6) is 0. The molecule has 2 aromatic rings. The van der Waals surface area contributed by atoms with E-state index in [2.05, 4.69) is 0 Å². The SMILES string of the molecule is N[C@@H](c1cccs1)c1sccc1Cl. The fourth-order valence-electron chi connectivity index (χ4n) is 1.12. The van der Waals surface area contributed by atoms with Crippen LogP contribution in [0.3, 0.4) is 0 Å². The average Bonchev–Trinajstić information content (AvgIpc) is 2.72. The molecule has 2 heterocycles. The summed E-state index contributed by atoms with van der Waals surface area (Å²) in [7, 11) is 0. The molecule has 0 aliphatic heterocycles. The third kappa shape index (κ3) is 1.79. The second-order valence-corrected chi connectivity index (χ2v) is 4.96. The summed E-state index contributed by atoms with van der Waals surface area (Å²) in [5.41, 5.74) is 6.04. The summed E-state index contributed by atoms with van der Waals surface area (Å²) in [4.78, 5) is 2.20. The third-order valence-corrected chi connectivity index (χ3v) is 4.17. The molecule has 2 N–H and O–H groups in total. The molecule has 0 bridgehead atoms. The van der Waals surface area contributed by atoms with Crippen molar-refractivity contribution in [3.8, 4) is 0 Å². The van der Waals surface area contributed by atoms with Gasteiger partial charge in [0.25, 0.3) is 0 Å². The monoisotopic (exact) mass is 229 g/mol. The molecular formula is C9H8ClNS2. The van der Waals surface area contributed by atoms with E-state index >= 15 is 0 Å². The van der Waals surface area contributed by atoms with E-state index in [0.29, 0.717) is 0 Å². The van der Waals surface area contributed by atoms with Crippen LogP contribution in [-0.2, 0) is 0 Å². The van der Waals surface area contributed by atoms with Crippen molar-refractivity contribution in [2.45, 2.75) is 6.04 Å². The van der Waals surface area contributed by atoms with Crippen LogP contribution >= 0.6 is 34.3 Å². The Morgan fingerprint density at radius 2 is 2.08 bits per heavy atom. The first-order chi connectivity index (χ1) is 6.29. The van der Waals surface area contributed by atoms with Gasteiger partial charge in [-0.2, -0.15) is 0 Å². The number of thiophene rings is 2. The molecule has 0 radical (unpaired) electrons. The van der Waals surface area contributed by atoms with Gasteiger partial charge in [0, 0.05) is 9.75 Å². The molecule has 2 rings (SSSR count). The Morgan fingerprint density at radius 3 is 2.62 bits per heavy atom. The maximum absolute atomic E-state index is 6.04. The maximum Gasteiger partial charge on any atom is 0.0754 e. The van der Waals surface area contributed by atoms with Crippen LogP contribution in [0.5, 0.6) is 0 Å². The van der Waals surface area contributed by atoms with Crippen molar-refractivity contribution < 1.29 is 0 Å². The van der Waals surface area contributed by atoms with Gasteiger partial charge in [-0.3, -0.25) is 0 Å². The van der Waals surface area contributed by atoms with Gasteiger partial charge in [-0.05, 0) is 22.9 Å². The minimum atomic E-state index is -0.0625. The fraction of sp³-hybridized carbons (Fsp3) is 0.111. The highest BCUT2D eigenvalue weighted by molar-refractivity contribution is 7.12. The first-order valence-electron chi connectivity index (χ1n) is 3.81. The van der Waals surface area contributed by atoms with E-state index in [9.17, 15) is 0 Å². The van der Waals surface area contributed by atoms with Crippen molar-refractivity contribution in [1.29, 1.82) is 0 Å². The topological polar surface area (TPSA) is 26.0 Å². The first kappa shape index (κ1) is 9.21. The second kappa shape index (κ2) is 3.80. The zero-order valence-electron chi connectivity index (χ0n) is 6.74. The minimum Gasteiger partial charge on any atom is -0.319 e. The van der Waals surface area contributed by atoms with Crippen molar-refractivity contribution in [2.24, 2.45) is 5.73 Å². The van der Waals surface area contributed by atoms with Gasteiger partial charge in [0.15, 0.2) is 0 Å². The van der Waals surface area contributed by atoms with E-state index in [4.69, 9.17) is 17.3 Å². The maximum atomic E-state index is 6.04. The molecule has 1 nitrogen and oxygen atoms in total. The van der Waals surface area contributed by atoms with E-state index in [1.165, 1.54) is 0 Å². The Morgan fingerprint density at radius 1 is 1.23 bits per heavy atom. The van der Waals surface area contributed by atoms with Crippen molar-refractivity contribution in [1.82, 2.24) is 0 Å². The molecule has 0 aliphatic rings. The molecule has 68 valence electrons. The van der Waals surface area contributed by atoms with Gasteiger partial charge >= 0.3 is 0 Å². The lowest BCUT2D eigenvalue weighted by Crippen LogP contribution is -2.08. The Labute approximate surface area is 89.8 Å². The van der Waals surface area contributed by atoms with Crippen molar-refractivity contribution >= 4 is 34.3 Å². The van der Waals surface area contributed by atoms with Crippen LogP contribution in [-0.4, -0.2) is 0 Å². The molecule has 0 aromatic carbocycles. The van der Waals surface area contributed by atoms with Gasteiger partial charge in [0.2, 0.25) is 0 Å². The lowest BCUT2D eigenvalue weighted by Gasteiger charge is -2.06. The van der Waals surface area contributed by atoms with E-state index < -0.39 is 0 Å². The molecule has 0 amide bonds. The second-order valence-electron chi connectivity index (χ2n) is 2.63. The largest absolute Gasteiger partial charge is 0.319 e. The van der Waals surface area contributed by atoms with Gasteiger partial charge in [0.1, 0.15) is 0 Å². The predicted molar refractivity (Wildman–Crippen MR) is 59.7 cm³/mol. The third-order valence-electron chi connectivity index (χ3n) is 1.78. The number of hydrogen-bond donors (Lipinski definition) is 1. The standard InChI is InChI=1S/C9H8ClNS2/c10-6-3-5-13-9(6)8(11)7-2-1-4-12-7/h1-5,8H,11H2/t8-/m0/s1. The number of hydrogen-bond acceptors (Lipinski definition) is 3. The number of nitrogens with two attached hydrogens (primary N) is 1. The van der Waals surface area contributed by atoms with Gasteiger partial charge < -0.3 is 5.73 Å². The molecule has 2 aromatic heterocycles. The summed E-state index contributed by atoms with van der Waals surface area (Å²) in [6.07, 6.45) is 0. The smallest absolute Gasteiger partial charge is 0.0754 e. The minimum absolute atomic E-state index is 0.0625. The number of halogens is 1. The predicted octanol–water partition coefficient (Wildman–Crippen LogP) is 3.51. The molecule has 0 saturated carbocycles. The summed E-state index contributed by atoms with van der Waals surface area (Å²) < 4.78 is 0. The summed E-state index contributed by atoms with van der Waals surface area (Å²) >= 11 is 9.25. The summed E-state index contributed by atoms with van der Waals surface area (Å²) in [6, 6.07) is 5.86. The molecule has 0 unspecified atom stereocenters.